The Kier molecular flexibility index (Phi) is 7.11. The van der Waals surface area contributed by atoms with Gasteiger partial charge in [-0.15, -0.1) is 0 Å². The maximum atomic E-state index is 11.8. The van der Waals surface area contributed by atoms with Crippen LogP contribution in [0, 0.1) is 20.8 Å². The number of nitrogens with zero attached hydrogens (tertiary/aromatic N) is 3. The molecule has 4 N–H and O–H groups in total. The number of anilines is 3. The topological polar surface area (TPSA) is 149 Å². The zero-order valence-corrected chi connectivity index (χ0v) is 25.4. The molecular formula is C27H27BrN6O4S2. The molecule has 0 saturated carbocycles. The van der Waals surface area contributed by atoms with Crippen LogP contribution in [0.5, 0.6) is 0 Å². The minimum Gasteiger partial charge on any atom is -0.353 e. The van der Waals surface area contributed by atoms with Crippen molar-refractivity contribution in [1.82, 2.24) is 9.55 Å². The number of hydrogen-bond donors (Lipinski definition) is 3. The Hall–Kier alpha value is -3.52. The Morgan fingerprint density at radius 3 is 2.42 bits per heavy atom. The van der Waals surface area contributed by atoms with Gasteiger partial charge in [-0.3, -0.25) is 9.71 Å². The molecule has 5 rings (SSSR count). The first kappa shape index (κ1) is 28.0. The number of primary sulfonamides is 1. The maximum Gasteiger partial charge on any atom is 0.238 e. The van der Waals surface area contributed by atoms with Crippen LogP contribution in [0.1, 0.15) is 28.2 Å². The van der Waals surface area contributed by atoms with E-state index in [4.69, 9.17) is 10.1 Å². The maximum absolute atomic E-state index is 11.8. The number of aliphatic imine (C=N–C) groups is 1. The van der Waals surface area contributed by atoms with Crippen molar-refractivity contribution in [2.45, 2.75) is 32.1 Å². The molecule has 0 radical (unpaired) electrons. The molecule has 0 spiro atoms. The Labute approximate surface area is 241 Å². The average molecular weight is 644 g/mol. The molecular weight excluding hydrogens is 616 g/mol. The summed E-state index contributed by atoms with van der Waals surface area (Å²) in [4.78, 5) is 9.55. The van der Waals surface area contributed by atoms with Gasteiger partial charge in [-0.25, -0.2) is 27.0 Å². The molecule has 1 aliphatic heterocycles. The predicted octanol–water partition coefficient (Wildman–Crippen LogP) is 5.00. The lowest BCUT2D eigenvalue weighted by atomic mass is 10.1. The largest absolute Gasteiger partial charge is 0.353 e. The van der Waals surface area contributed by atoms with Crippen LogP contribution in [-0.2, 0) is 26.5 Å². The molecule has 2 aromatic heterocycles. The number of fused-ring (bicyclic) bond motifs is 1. The quantitative estimate of drug-likeness (QED) is 0.258. The predicted molar refractivity (Wildman–Crippen MR) is 161 cm³/mol. The lowest BCUT2D eigenvalue weighted by molar-refractivity contribution is 0.597. The highest BCUT2D eigenvalue weighted by Gasteiger charge is 2.26. The summed E-state index contributed by atoms with van der Waals surface area (Å²) in [7, 11) is -7.23. The van der Waals surface area contributed by atoms with Crippen molar-refractivity contribution in [3.8, 4) is 5.69 Å². The van der Waals surface area contributed by atoms with E-state index in [9.17, 15) is 16.8 Å². The zero-order chi connectivity index (χ0) is 29.0. The fourth-order valence-electron chi connectivity index (χ4n) is 4.88. The molecule has 0 atom stereocenters. The lowest BCUT2D eigenvalue weighted by Crippen LogP contribution is -2.12. The lowest BCUT2D eigenvalue weighted by Gasteiger charge is -2.15. The smallest absolute Gasteiger partial charge is 0.238 e. The number of hydrogen-bond acceptors (Lipinski definition) is 7. The summed E-state index contributed by atoms with van der Waals surface area (Å²) in [6, 6.07) is 13.8. The first-order valence-electron chi connectivity index (χ1n) is 12.1. The van der Waals surface area contributed by atoms with Crippen LogP contribution in [0.15, 0.2) is 69.1 Å². The monoisotopic (exact) mass is 642 g/mol. The zero-order valence-electron chi connectivity index (χ0n) is 22.1. The summed E-state index contributed by atoms with van der Waals surface area (Å²) in [6.07, 6.45) is 3.34. The standard InChI is InChI=1S/C27H27BrN6O4S2/c1-15-10-19(33-39(4,35)36)8-9-25(15)34-16(2)11-21(17(34)3)23-13-24-27(32-23)26(22(28)14-30-24)31-18-6-5-7-20(12-18)40(29,37)38/h5-12,14,33H,13H2,1-4H3,(H,30,31)(H2,29,37,38). The second kappa shape index (κ2) is 10.1. The summed E-state index contributed by atoms with van der Waals surface area (Å²) in [5, 5.41) is 8.58. The molecule has 0 amide bonds. The molecule has 0 unspecified atom stereocenters. The van der Waals surface area contributed by atoms with Crippen molar-refractivity contribution in [3.63, 3.8) is 0 Å². The minimum atomic E-state index is -3.85. The summed E-state index contributed by atoms with van der Waals surface area (Å²) in [5.41, 5.74) is 8.87. The molecule has 1 aliphatic rings. The molecule has 3 heterocycles. The third-order valence-corrected chi connectivity index (χ3v) is 8.70. The van der Waals surface area contributed by atoms with E-state index < -0.39 is 20.0 Å². The van der Waals surface area contributed by atoms with Gasteiger partial charge in [0.05, 0.1) is 32.7 Å². The summed E-state index contributed by atoms with van der Waals surface area (Å²) >= 11 is 3.55. The van der Waals surface area contributed by atoms with E-state index in [2.05, 4.69) is 41.6 Å². The van der Waals surface area contributed by atoms with Gasteiger partial charge in [-0.05, 0) is 84.7 Å². The number of nitrogens with two attached hydrogens (primary N) is 1. The Balaban J connectivity index is 1.51. The average Bonchev–Trinajstić information content (AvgIpc) is 3.40. The number of pyridine rings is 1. The molecule has 4 aromatic rings. The SMILES string of the molecule is Cc1cc(NS(C)(=O)=O)ccc1-n1c(C)cc(C2=Nc3c(ncc(Br)c3Nc3cccc(S(N)(=O)=O)c3)C2)c1C. The second-order valence-corrected chi connectivity index (χ2v) is 13.9. The van der Waals surface area contributed by atoms with Gasteiger partial charge < -0.3 is 9.88 Å². The number of benzene rings is 2. The Morgan fingerprint density at radius 2 is 1.75 bits per heavy atom. The molecule has 2 aromatic carbocycles. The number of halogens is 1. The molecule has 13 heteroatoms. The molecule has 208 valence electrons. The molecule has 0 fully saturated rings. The highest BCUT2D eigenvalue weighted by molar-refractivity contribution is 9.10. The van der Waals surface area contributed by atoms with E-state index in [1.165, 1.54) is 12.1 Å². The van der Waals surface area contributed by atoms with Crippen LogP contribution in [0.3, 0.4) is 0 Å². The van der Waals surface area contributed by atoms with Crippen molar-refractivity contribution in [3.05, 3.63) is 87.4 Å². The van der Waals surface area contributed by atoms with Crippen LogP contribution in [0.4, 0.5) is 22.7 Å². The summed E-state index contributed by atoms with van der Waals surface area (Å²) in [5.74, 6) is 0. The third-order valence-electron chi connectivity index (χ3n) is 6.58. The van der Waals surface area contributed by atoms with E-state index in [1.807, 2.05) is 32.9 Å². The van der Waals surface area contributed by atoms with Crippen LogP contribution in [-0.4, -0.2) is 38.4 Å². The van der Waals surface area contributed by atoms with E-state index in [1.54, 1.807) is 24.4 Å². The van der Waals surface area contributed by atoms with E-state index >= 15 is 0 Å². The number of rotatable bonds is 7. The van der Waals surface area contributed by atoms with Crippen LogP contribution < -0.4 is 15.2 Å². The highest BCUT2D eigenvalue weighted by atomic mass is 79.9. The highest BCUT2D eigenvalue weighted by Crippen LogP contribution is 2.41. The molecule has 0 aliphatic carbocycles. The van der Waals surface area contributed by atoms with Crippen molar-refractivity contribution in [2.24, 2.45) is 10.1 Å². The van der Waals surface area contributed by atoms with Crippen molar-refractivity contribution < 1.29 is 16.8 Å². The van der Waals surface area contributed by atoms with Gasteiger partial charge in [0.2, 0.25) is 20.0 Å². The van der Waals surface area contributed by atoms with Gasteiger partial charge in [-0.1, -0.05) is 6.07 Å². The third kappa shape index (κ3) is 5.55. The molecule has 0 bridgehead atoms. The van der Waals surface area contributed by atoms with Crippen molar-refractivity contribution >= 4 is 64.4 Å². The van der Waals surface area contributed by atoms with Gasteiger partial charge >= 0.3 is 0 Å². The van der Waals surface area contributed by atoms with Crippen molar-refractivity contribution in [1.29, 1.82) is 0 Å². The number of sulfonamides is 2. The van der Waals surface area contributed by atoms with E-state index in [0.29, 0.717) is 33.6 Å². The minimum absolute atomic E-state index is 0.00591. The second-order valence-electron chi connectivity index (χ2n) is 9.71. The fraction of sp³-hybridized carbons (Fsp3) is 0.185. The van der Waals surface area contributed by atoms with Crippen LogP contribution in [0.25, 0.3) is 5.69 Å². The molecule has 10 nitrogen and oxygen atoms in total. The van der Waals surface area contributed by atoms with Crippen LogP contribution >= 0.6 is 15.9 Å². The Morgan fingerprint density at radius 1 is 1.00 bits per heavy atom. The van der Waals surface area contributed by atoms with E-state index in [0.717, 1.165) is 45.9 Å². The summed E-state index contributed by atoms with van der Waals surface area (Å²) in [6.45, 7) is 5.98. The first-order chi connectivity index (χ1) is 18.7. The van der Waals surface area contributed by atoms with Gasteiger partial charge in [0.25, 0.3) is 0 Å². The first-order valence-corrected chi connectivity index (χ1v) is 16.4. The van der Waals surface area contributed by atoms with Crippen LogP contribution in [0.2, 0.25) is 0 Å². The molecule has 0 saturated heterocycles. The van der Waals surface area contributed by atoms with Gasteiger partial charge in [0.1, 0.15) is 5.69 Å². The van der Waals surface area contributed by atoms with E-state index in [-0.39, 0.29) is 4.90 Å². The van der Waals surface area contributed by atoms with Gasteiger partial charge in [0.15, 0.2) is 0 Å². The number of aryl methyl sites for hydroxylation is 2. The van der Waals surface area contributed by atoms with Crippen molar-refractivity contribution in [2.75, 3.05) is 16.3 Å². The Bertz CT molecular complexity index is 1930. The summed E-state index contributed by atoms with van der Waals surface area (Å²) < 4.78 is 52.3. The number of aromatic nitrogens is 2. The molecule has 40 heavy (non-hydrogen) atoms. The van der Waals surface area contributed by atoms with Gasteiger partial charge in [-0.2, -0.15) is 0 Å². The van der Waals surface area contributed by atoms with Gasteiger partial charge in [0, 0.05) is 46.6 Å². The fourth-order valence-corrected chi connectivity index (χ4v) is 6.38. The normalized spacial score (nSPS) is 13.2. The number of nitrogens with one attached hydrogen (secondary N) is 2.